The number of aromatic hydroxyl groups is 1. The Labute approximate surface area is 159 Å². The number of phenols is 1. The quantitative estimate of drug-likeness (QED) is 0.377. The van der Waals surface area contributed by atoms with Gasteiger partial charge < -0.3 is 5.11 Å². The summed E-state index contributed by atoms with van der Waals surface area (Å²) in [5.74, 6) is 0.149. The molecule has 142 valence electrons. The lowest BCUT2D eigenvalue weighted by Gasteiger charge is -2.10. The van der Waals surface area contributed by atoms with E-state index in [9.17, 15) is 25.3 Å². The van der Waals surface area contributed by atoms with Crippen molar-refractivity contribution < 1.29 is 15.0 Å². The fourth-order valence-corrected chi connectivity index (χ4v) is 2.82. The van der Waals surface area contributed by atoms with Crippen molar-refractivity contribution in [1.29, 1.82) is 0 Å². The summed E-state index contributed by atoms with van der Waals surface area (Å²) in [5, 5.41) is 40.2. The number of aryl methyl sites for hydroxylation is 1. The summed E-state index contributed by atoms with van der Waals surface area (Å²) in [6, 6.07) is 4.18. The van der Waals surface area contributed by atoms with Crippen LogP contribution in [0.5, 0.6) is 5.75 Å². The number of azo groups is 1. The third-order valence-electron chi connectivity index (χ3n) is 4.06. The number of phenolic OH excluding ortho intramolecular Hbond substituents is 1. The molecule has 1 N–H and O–H groups in total. The van der Waals surface area contributed by atoms with E-state index in [0.717, 1.165) is 6.07 Å². The molecular weight excluding hydrogens is 376 g/mol. The molecule has 0 spiro atoms. The highest BCUT2D eigenvalue weighted by atomic mass is 35.5. The van der Waals surface area contributed by atoms with Crippen molar-refractivity contribution in [2.45, 2.75) is 33.6 Å². The number of halogens is 1. The van der Waals surface area contributed by atoms with Gasteiger partial charge in [0.2, 0.25) is 0 Å². The van der Waals surface area contributed by atoms with E-state index in [2.05, 4.69) is 10.2 Å². The lowest BCUT2D eigenvalue weighted by atomic mass is 9.99. The first-order valence-electron chi connectivity index (χ1n) is 7.91. The minimum absolute atomic E-state index is 0.0269. The first kappa shape index (κ1) is 20.2. The fraction of sp³-hybridized carbons (Fsp3) is 0.294. The van der Waals surface area contributed by atoms with Crippen molar-refractivity contribution in [1.82, 2.24) is 0 Å². The Balaban J connectivity index is 2.64. The van der Waals surface area contributed by atoms with Crippen molar-refractivity contribution in [3.8, 4) is 5.75 Å². The van der Waals surface area contributed by atoms with Gasteiger partial charge in [-0.1, -0.05) is 25.4 Å². The summed E-state index contributed by atoms with van der Waals surface area (Å²) in [6.07, 6.45) is 0. The van der Waals surface area contributed by atoms with Crippen LogP contribution >= 0.6 is 11.6 Å². The summed E-state index contributed by atoms with van der Waals surface area (Å²) >= 11 is 6.01. The van der Waals surface area contributed by atoms with Gasteiger partial charge in [0, 0.05) is 6.07 Å². The highest BCUT2D eigenvalue weighted by Crippen LogP contribution is 2.43. The zero-order valence-electron chi connectivity index (χ0n) is 15.1. The Morgan fingerprint density at radius 3 is 2.22 bits per heavy atom. The lowest BCUT2D eigenvalue weighted by molar-refractivity contribution is -0.394. The van der Waals surface area contributed by atoms with Crippen LogP contribution in [0.4, 0.5) is 22.7 Å². The molecule has 2 aromatic carbocycles. The normalized spacial score (nSPS) is 11.3. The molecule has 0 aliphatic heterocycles. The second-order valence-electron chi connectivity index (χ2n) is 6.27. The summed E-state index contributed by atoms with van der Waals surface area (Å²) in [7, 11) is 0. The predicted octanol–water partition coefficient (Wildman–Crippen LogP) is 6.02. The number of hydrogen-bond donors (Lipinski definition) is 1. The Bertz CT molecular complexity index is 973. The molecule has 9 nitrogen and oxygen atoms in total. The maximum Gasteiger partial charge on any atom is 0.308 e. The molecule has 0 fully saturated rings. The number of nitro benzene ring substituents is 2. The third kappa shape index (κ3) is 4.03. The molecular formula is C17H17ClN4O5. The van der Waals surface area contributed by atoms with Gasteiger partial charge in [-0.15, -0.1) is 10.2 Å². The molecule has 0 unspecified atom stereocenters. The first-order valence-corrected chi connectivity index (χ1v) is 8.29. The number of benzene rings is 2. The van der Waals surface area contributed by atoms with Crippen molar-refractivity contribution in [2.24, 2.45) is 10.2 Å². The maximum atomic E-state index is 11.4. The third-order valence-corrected chi connectivity index (χ3v) is 4.35. The zero-order valence-corrected chi connectivity index (χ0v) is 15.8. The van der Waals surface area contributed by atoms with Gasteiger partial charge in [-0.3, -0.25) is 20.2 Å². The second-order valence-corrected chi connectivity index (χ2v) is 6.67. The maximum absolute atomic E-state index is 11.4. The standard InChI is InChI=1S/C17H17ClN4O5/c1-8(2)11-6-13(9(3)5-15(11)23)19-20-16-12(18)7-14(21(24)25)10(4)17(16)22(26)27/h5-8,23H,1-4H3. The molecule has 0 saturated heterocycles. The Kier molecular flexibility index (Phi) is 5.75. The molecule has 0 aromatic heterocycles. The molecule has 2 rings (SSSR count). The summed E-state index contributed by atoms with van der Waals surface area (Å²) in [5.41, 5.74) is 0.204. The molecule has 0 amide bonds. The highest BCUT2D eigenvalue weighted by Gasteiger charge is 2.29. The van der Waals surface area contributed by atoms with E-state index < -0.39 is 21.2 Å². The molecule has 0 radical (unpaired) electrons. The summed E-state index contributed by atoms with van der Waals surface area (Å²) in [4.78, 5) is 21.0. The molecule has 0 bridgehead atoms. The van der Waals surface area contributed by atoms with E-state index in [1.165, 1.54) is 13.0 Å². The van der Waals surface area contributed by atoms with Crippen LogP contribution in [0.15, 0.2) is 28.4 Å². The van der Waals surface area contributed by atoms with Crippen LogP contribution in [0.25, 0.3) is 0 Å². The van der Waals surface area contributed by atoms with Crippen LogP contribution in [0.3, 0.4) is 0 Å². The Morgan fingerprint density at radius 1 is 1.07 bits per heavy atom. The highest BCUT2D eigenvalue weighted by molar-refractivity contribution is 6.33. The SMILES string of the molecule is Cc1cc(O)c(C(C)C)cc1N=Nc1c(Cl)cc([N+](=O)[O-])c(C)c1[N+](=O)[O-]. The van der Waals surface area contributed by atoms with Crippen molar-refractivity contribution in [2.75, 3.05) is 0 Å². The van der Waals surface area contributed by atoms with Gasteiger partial charge >= 0.3 is 5.69 Å². The van der Waals surface area contributed by atoms with E-state index in [1.807, 2.05) is 13.8 Å². The van der Waals surface area contributed by atoms with Crippen LogP contribution in [0.1, 0.15) is 36.5 Å². The van der Waals surface area contributed by atoms with Crippen LogP contribution in [0, 0.1) is 34.1 Å². The smallest absolute Gasteiger partial charge is 0.308 e. The zero-order chi connectivity index (χ0) is 20.5. The van der Waals surface area contributed by atoms with E-state index in [0.29, 0.717) is 16.8 Å². The minimum Gasteiger partial charge on any atom is -0.508 e. The van der Waals surface area contributed by atoms with E-state index >= 15 is 0 Å². The minimum atomic E-state index is -0.772. The number of rotatable bonds is 5. The lowest BCUT2D eigenvalue weighted by Crippen LogP contribution is -1.98. The van der Waals surface area contributed by atoms with Crippen LogP contribution in [-0.2, 0) is 0 Å². The van der Waals surface area contributed by atoms with Crippen molar-refractivity contribution >= 4 is 34.4 Å². The summed E-state index contributed by atoms with van der Waals surface area (Å²) < 4.78 is 0. The summed E-state index contributed by atoms with van der Waals surface area (Å²) in [6.45, 7) is 6.75. The molecule has 0 saturated carbocycles. The van der Waals surface area contributed by atoms with Crippen LogP contribution < -0.4 is 0 Å². The van der Waals surface area contributed by atoms with E-state index in [4.69, 9.17) is 11.6 Å². The van der Waals surface area contributed by atoms with E-state index in [-0.39, 0.29) is 27.9 Å². The number of hydrogen-bond acceptors (Lipinski definition) is 7. The molecule has 0 heterocycles. The molecule has 2 aromatic rings. The largest absolute Gasteiger partial charge is 0.508 e. The Morgan fingerprint density at radius 2 is 1.70 bits per heavy atom. The second kappa shape index (κ2) is 7.67. The average molecular weight is 393 g/mol. The van der Waals surface area contributed by atoms with Gasteiger partial charge in [-0.25, -0.2) is 0 Å². The first-order chi connectivity index (χ1) is 12.5. The topological polar surface area (TPSA) is 131 Å². The van der Waals surface area contributed by atoms with E-state index in [1.54, 1.807) is 13.0 Å². The molecule has 10 heteroatoms. The van der Waals surface area contributed by atoms with Gasteiger partial charge in [-0.2, -0.15) is 0 Å². The van der Waals surface area contributed by atoms with Gasteiger partial charge in [0.1, 0.15) is 11.3 Å². The fourth-order valence-electron chi connectivity index (χ4n) is 2.59. The molecule has 0 aliphatic rings. The van der Waals surface area contributed by atoms with Crippen LogP contribution in [0.2, 0.25) is 5.02 Å². The van der Waals surface area contributed by atoms with Gasteiger partial charge in [0.05, 0.1) is 20.6 Å². The van der Waals surface area contributed by atoms with Gasteiger partial charge in [-0.05, 0) is 43.0 Å². The van der Waals surface area contributed by atoms with Crippen molar-refractivity contribution in [3.05, 3.63) is 60.1 Å². The number of nitro groups is 2. The Hall–Kier alpha value is -3.07. The van der Waals surface area contributed by atoms with Gasteiger partial charge in [0.25, 0.3) is 5.69 Å². The van der Waals surface area contributed by atoms with Gasteiger partial charge in [0.15, 0.2) is 5.69 Å². The molecule has 27 heavy (non-hydrogen) atoms. The molecule has 0 aliphatic carbocycles. The van der Waals surface area contributed by atoms with Crippen molar-refractivity contribution in [3.63, 3.8) is 0 Å². The monoisotopic (exact) mass is 392 g/mol. The molecule has 0 atom stereocenters. The average Bonchev–Trinajstić information content (AvgIpc) is 2.55. The number of nitrogens with zero attached hydrogens (tertiary/aromatic N) is 4. The van der Waals surface area contributed by atoms with Crippen LogP contribution in [-0.4, -0.2) is 15.0 Å². The predicted molar refractivity (Wildman–Crippen MR) is 101 cm³/mol.